The van der Waals surface area contributed by atoms with Crippen molar-refractivity contribution in [2.24, 2.45) is 46.3 Å². The summed E-state index contributed by atoms with van der Waals surface area (Å²) in [6.07, 6.45) is 14.8. The van der Waals surface area contributed by atoms with Gasteiger partial charge in [-0.1, -0.05) is 39.3 Å². The van der Waals surface area contributed by atoms with Crippen molar-refractivity contribution in [2.45, 2.75) is 112 Å². The zero-order valence-electron chi connectivity index (χ0n) is 22.9. The van der Waals surface area contributed by atoms with Gasteiger partial charge in [0.15, 0.2) is 0 Å². The average molecular weight is 458 g/mol. The first kappa shape index (κ1) is 25.1. The summed E-state index contributed by atoms with van der Waals surface area (Å²) in [7, 11) is 1.89. The standard InChI is InChI=1S/C30H51NO2/c1-20-13-16-29(6)22(19-20)9-10-23-25-12-11-24(30(25,7)17-14-26(23)29)21(2)15-18-31(8)27(32)33-28(3,4)5/h9,20-21,23-26H,10-19H2,1-8H3/t20-,21+,23-,24+,25-,26-,29-,30+/m0/s1. The van der Waals surface area contributed by atoms with E-state index < -0.39 is 5.60 Å². The Labute approximate surface area is 204 Å². The van der Waals surface area contributed by atoms with E-state index in [0.717, 1.165) is 42.6 Å². The topological polar surface area (TPSA) is 29.5 Å². The first-order valence-electron chi connectivity index (χ1n) is 14.0. The molecule has 3 nitrogen and oxygen atoms in total. The largest absolute Gasteiger partial charge is 0.444 e. The number of rotatable bonds is 4. The summed E-state index contributed by atoms with van der Waals surface area (Å²) in [5, 5.41) is 0. The van der Waals surface area contributed by atoms with E-state index in [-0.39, 0.29) is 6.09 Å². The fourth-order valence-corrected chi connectivity index (χ4v) is 8.85. The molecule has 188 valence electrons. The molecule has 0 aromatic carbocycles. The lowest BCUT2D eigenvalue weighted by atomic mass is 9.46. The molecule has 3 fully saturated rings. The Morgan fingerprint density at radius 3 is 2.58 bits per heavy atom. The average Bonchev–Trinajstić information content (AvgIpc) is 3.08. The van der Waals surface area contributed by atoms with Gasteiger partial charge in [0.2, 0.25) is 0 Å². The number of carbonyl (C=O) groups excluding carboxylic acids is 1. The summed E-state index contributed by atoms with van der Waals surface area (Å²) in [5.41, 5.74) is 2.35. The lowest BCUT2D eigenvalue weighted by Crippen LogP contribution is -2.50. The van der Waals surface area contributed by atoms with Crippen LogP contribution in [0.1, 0.15) is 106 Å². The van der Waals surface area contributed by atoms with Crippen molar-refractivity contribution in [1.29, 1.82) is 0 Å². The van der Waals surface area contributed by atoms with Crippen molar-refractivity contribution in [1.82, 2.24) is 4.90 Å². The monoisotopic (exact) mass is 457 g/mol. The number of hydrogen-bond donors (Lipinski definition) is 0. The van der Waals surface area contributed by atoms with Crippen LogP contribution in [0.3, 0.4) is 0 Å². The van der Waals surface area contributed by atoms with Gasteiger partial charge in [-0.2, -0.15) is 0 Å². The van der Waals surface area contributed by atoms with Crippen molar-refractivity contribution in [3.63, 3.8) is 0 Å². The SMILES string of the molecule is C[C@H]1CC[C@@]2(C)C(=CC[C@H]3[C@@H]4CC[C@H]([C@H](C)CCN(C)C(=O)OC(C)(C)C)[C@@]4(C)CC[C@@H]32)C1. The molecule has 33 heavy (non-hydrogen) atoms. The quantitative estimate of drug-likeness (QED) is 0.399. The highest BCUT2D eigenvalue weighted by Gasteiger charge is 2.58. The second kappa shape index (κ2) is 8.90. The van der Waals surface area contributed by atoms with E-state index in [4.69, 9.17) is 4.74 Å². The Hall–Kier alpha value is -0.990. The zero-order chi connectivity index (χ0) is 24.2. The van der Waals surface area contributed by atoms with Crippen LogP contribution in [0, 0.1) is 46.3 Å². The lowest BCUT2D eigenvalue weighted by molar-refractivity contribution is -0.0525. The molecule has 0 aromatic rings. The molecule has 4 aliphatic carbocycles. The summed E-state index contributed by atoms with van der Waals surface area (Å²) in [6, 6.07) is 0. The van der Waals surface area contributed by atoms with Gasteiger partial charge in [0, 0.05) is 13.6 Å². The molecule has 3 heteroatoms. The molecule has 0 aliphatic heterocycles. The molecule has 0 heterocycles. The molecule has 0 N–H and O–H groups in total. The molecule has 4 aliphatic rings. The first-order chi connectivity index (χ1) is 15.3. The van der Waals surface area contributed by atoms with E-state index in [0.29, 0.717) is 16.7 Å². The molecule has 4 rings (SSSR count). The van der Waals surface area contributed by atoms with E-state index in [1.54, 1.807) is 4.90 Å². The van der Waals surface area contributed by atoms with Crippen LogP contribution in [0.4, 0.5) is 4.79 Å². The van der Waals surface area contributed by atoms with Crippen LogP contribution in [0.2, 0.25) is 0 Å². The summed E-state index contributed by atoms with van der Waals surface area (Å²) in [4.78, 5) is 14.2. The summed E-state index contributed by atoms with van der Waals surface area (Å²) in [6.45, 7) is 16.8. The molecular weight excluding hydrogens is 406 g/mol. The van der Waals surface area contributed by atoms with Gasteiger partial charge >= 0.3 is 6.09 Å². The smallest absolute Gasteiger partial charge is 0.410 e. The Bertz CT molecular complexity index is 766. The summed E-state index contributed by atoms with van der Waals surface area (Å²) >= 11 is 0. The van der Waals surface area contributed by atoms with Crippen molar-refractivity contribution in [2.75, 3.05) is 13.6 Å². The fourth-order valence-electron chi connectivity index (χ4n) is 8.85. The minimum Gasteiger partial charge on any atom is -0.444 e. The second-order valence-electron chi connectivity index (χ2n) is 14.0. The fraction of sp³-hybridized carbons (Fsp3) is 0.900. The molecule has 8 atom stereocenters. The van der Waals surface area contributed by atoms with Gasteiger partial charge in [-0.25, -0.2) is 4.79 Å². The van der Waals surface area contributed by atoms with Gasteiger partial charge < -0.3 is 9.64 Å². The number of nitrogens with zero attached hydrogens (tertiary/aromatic N) is 1. The number of fused-ring (bicyclic) bond motifs is 5. The molecule has 0 unspecified atom stereocenters. The Morgan fingerprint density at radius 1 is 1.15 bits per heavy atom. The van der Waals surface area contributed by atoms with E-state index in [1.165, 1.54) is 51.4 Å². The minimum absolute atomic E-state index is 0.189. The van der Waals surface area contributed by atoms with Crippen LogP contribution in [0.25, 0.3) is 0 Å². The van der Waals surface area contributed by atoms with Crippen LogP contribution in [0.15, 0.2) is 11.6 Å². The molecule has 0 bridgehead atoms. The molecule has 3 saturated carbocycles. The predicted octanol–water partition coefficient (Wildman–Crippen LogP) is 8.09. The molecule has 0 saturated heterocycles. The maximum Gasteiger partial charge on any atom is 0.410 e. The van der Waals surface area contributed by atoms with Gasteiger partial charge in [0.25, 0.3) is 0 Å². The van der Waals surface area contributed by atoms with Crippen molar-refractivity contribution in [3.05, 3.63) is 11.6 Å². The van der Waals surface area contributed by atoms with Crippen LogP contribution < -0.4 is 0 Å². The van der Waals surface area contributed by atoms with Crippen LogP contribution >= 0.6 is 0 Å². The minimum atomic E-state index is -0.428. The van der Waals surface area contributed by atoms with Gasteiger partial charge in [-0.15, -0.1) is 0 Å². The van der Waals surface area contributed by atoms with E-state index in [9.17, 15) is 4.79 Å². The number of amides is 1. The predicted molar refractivity (Wildman–Crippen MR) is 137 cm³/mol. The Balaban J connectivity index is 1.41. The second-order valence-corrected chi connectivity index (χ2v) is 14.0. The Morgan fingerprint density at radius 2 is 1.88 bits per heavy atom. The number of hydrogen-bond acceptors (Lipinski definition) is 2. The number of carbonyl (C=O) groups is 1. The Kier molecular flexibility index (Phi) is 6.77. The van der Waals surface area contributed by atoms with Crippen molar-refractivity contribution >= 4 is 6.09 Å². The molecular formula is C30H51NO2. The number of ether oxygens (including phenoxy) is 1. The third-order valence-corrected chi connectivity index (χ3v) is 10.7. The molecule has 0 spiro atoms. The maximum absolute atomic E-state index is 12.4. The molecule has 0 aromatic heterocycles. The lowest BCUT2D eigenvalue weighted by Gasteiger charge is -2.58. The van der Waals surface area contributed by atoms with Gasteiger partial charge in [-0.05, 0) is 125 Å². The summed E-state index contributed by atoms with van der Waals surface area (Å²) < 4.78 is 5.56. The van der Waals surface area contributed by atoms with Gasteiger partial charge in [0.05, 0.1) is 0 Å². The van der Waals surface area contributed by atoms with Crippen molar-refractivity contribution < 1.29 is 9.53 Å². The normalized spacial score (nSPS) is 41.3. The molecule has 0 radical (unpaired) electrons. The highest BCUT2D eigenvalue weighted by Crippen LogP contribution is 2.67. The van der Waals surface area contributed by atoms with E-state index in [2.05, 4.69) is 33.8 Å². The van der Waals surface area contributed by atoms with E-state index in [1.807, 2.05) is 33.4 Å². The number of allylic oxidation sites excluding steroid dienone is 2. The van der Waals surface area contributed by atoms with Crippen LogP contribution in [0.5, 0.6) is 0 Å². The maximum atomic E-state index is 12.4. The third-order valence-electron chi connectivity index (χ3n) is 10.7. The molecule has 1 amide bonds. The van der Waals surface area contributed by atoms with E-state index >= 15 is 0 Å². The third kappa shape index (κ3) is 4.64. The first-order valence-corrected chi connectivity index (χ1v) is 14.0. The van der Waals surface area contributed by atoms with Gasteiger partial charge in [-0.3, -0.25) is 0 Å². The highest BCUT2D eigenvalue weighted by atomic mass is 16.6. The summed E-state index contributed by atoms with van der Waals surface area (Å²) in [5.74, 6) is 5.02. The highest BCUT2D eigenvalue weighted by molar-refractivity contribution is 5.67. The van der Waals surface area contributed by atoms with Gasteiger partial charge in [0.1, 0.15) is 5.60 Å². The van der Waals surface area contributed by atoms with Crippen LogP contribution in [-0.4, -0.2) is 30.2 Å². The van der Waals surface area contributed by atoms with Crippen LogP contribution in [-0.2, 0) is 4.74 Å². The zero-order valence-corrected chi connectivity index (χ0v) is 22.9. The van der Waals surface area contributed by atoms with Crippen molar-refractivity contribution in [3.8, 4) is 0 Å².